The van der Waals surface area contributed by atoms with Crippen molar-refractivity contribution in [2.45, 2.75) is 19.8 Å². The van der Waals surface area contributed by atoms with Crippen LogP contribution >= 0.6 is 11.8 Å². The van der Waals surface area contributed by atoms with Crippen LogP contribution in [0, 0.1) is 0 Å². The van der Waals surface area contributed by atoms with E-state index in [9.17, 15) is 9.59 Å². The molecule has 2 N–H and O–H groups in total. The molecule has 0 radical (unpaired) electrons. The van der Waals surface area contributed by atoms with Crippen LogP contribution in [-0.2, 0) is 14.3 Å². The molecule has 1 unspecified atom stereocenters. The Hall–Kier alpha value is -1.49. The van der Waals surface area contributed by atoms with Crippen molar-refractivity contribution in [2.24, 2.45) is 0 Å². The minimum atomic E-state index is -0.431. The van der Waals surface area contributed by atoms with Gasteiger partial charge in [-0.15, -0.1) is 0 Å². The second-order valence-corrected chi connectivity index (χ2v) is 4.97. The van der Waals surface area contributed by atoms with Gasteiger partial charge in [-0.25, -0.2) is 0 Å². The fraction of sp³-hybridized carbons (Fsp3) is 0.385. The monoisotopic (exact) mass is 267 g/mol. The fourth-order valence-corrected chi connectivity index (χ4v) is 2.20. The number of ether oxygens (including phenoxy) is 1. The smallest absolute Gasteiger partial charge is 0.314 e. The fourth-order valence-electron chi connectivity index (χ4n) is 1.47. The van der Waals surface area contributed by atoms with Gasteiger partial charge in [0.25, 0.3) is 0 Å². The molecular formula is C13H17NO3S. The number of esters is 1. The van der Waals surface area contributed by atoms with E-state index in [0.29, 0.717) is 18.0 Å². The Morgan fingerprint density at radius 1 is 1.33 bits per heavy atom. The average Bonchev–Trinajstić information content (AvgIpc) is 2.31. The van der Waals surface area contributed by atoms with Gasteiger partial charge in [-0.3, -0.25) is 9.59 Å². The van der Waals surface area contributed by atoms with Gasteiger partial charge in [-0.05, 0) is 24.6 Å². The number of benzene rings is 1. The topological polar surface area (TPSA) is 69.4 Å². The van der Waals surface area contributed by atoms with E-state index in [1.54, 1.807) is 31.2 Å². The Morgan fingerprint density at radius 2 is 1.94 bits per heavy atom. The molecule has 0 heterocycles. The maximum atomic E-state index is 11.9. The summed E-state index contributed by atoms with van der Waals surface area (Å²) >= 11 is 1.12. The van der Waals surface area contributed by atoms with Crippen LogP contribution in [0.4, 0.5) is 5.69 Å². The Bertz CT molecular complexity index is 417. The van der Waals surface area contributed by atoms with Crippen LogP contribution in [-0.4, -0.2) is 23.4 Å². The average molecular weight is 267 g/mol. The molecule has 1 rings (SSSR count). The van der Waals surface area contributed by atoms with Crippen molar-refractivity contribution >= 4 is 28.5 Å². The second kappa shape index (κ2) is 7.06. The molecule has 1 aromatic carbocycles. The van der Waals surface area contributed by atoms with E-state index in [0.717, 1.165) is 17.3 Å². The number of carbonyl (C=O) groups excluding carboxylic acids is 2. The molecule has 0 saturated heterocycles. The summed E-state index contributed by atoms with van der Waals surface area (Å²) in [5, 5.41) is -0.0141. The van der Waals surface area contributed by atoms with Crippen molar-refractivity contribution in [2.75, 3.05) is 18.1 Å². The first-order valence-corrected chi connectivity index (χ1v) is 6.68. The number of nitrogen functional groups attached to an aromatic ring is 1. The molecule has 0 bridgehead atoms. The summed E-state index contributed by atoms with van der Waals surface area (Å²) in [5.41, 5.74) is 7.06. The molecule has 4 nitrogen and oxygen atoms in total. The summed E-state index contributed by atoms with van der Waals surface area (Å²) in [7, 11) is 0. The van der Waals surface area contributed by atoms with Crippen molar-refractivity contribution in [3.05, 3.63) is 29.8 Å². The SMILES string of the molecule is CCOC(=O)C(CSC(C)=O)c1ccc(N)cc1. The molecule has 0 saturated carbocycles. The van der Waals surface area contributed by atoms with Crippen molar-refractivity contribution in [3.8, 4) is 0 Å². The van der Waals surface area contributed by atoms with Crippen molar-refractivity contribution in [3.63, 3.8) is 0 Å². The third kappa shape index (κ3) is 4.41. The Kier molecular flexibility index (Phi) is 5.71. The highest BCUT2D eigenvalue weighted by Gasteiger charge is 2.22. The molecule has 1 aromatic rings. The lowest BCUT2D eigenvalue weighted by atomic mass is 10.0. The normalized spacial score (nSPS) is 11.9. The molecule has 98 valence electrons. The van der Waals surface area contributed by atoms with Gasteiger partial charge in [0.05, 0.1) is 12.5 Å². The Balaban J connectivity index is 2.85. The molecule has 0 spiro atoms. The maximum absolute atomic E-state index is 11.9. The molecule has 1 atom stereocenters. The summed E-state index contributed by atoms with van der Waals surface area (Å²) in [6.07, 6.45) is 0. The highest BCUT2D eigenvalue weighted by Crippen LogP contribution is 2.23. The first-order valence-electron chi connectivity index (χ1n) is 5.70. The van der Waals surface area contributed by atoms with Crippen LogP contribution in [0.25, 0.3) is 0 Å². The van der Waals surface area contributed by atoms with Gasteiger partial charge >= 0.3 is 5.97 Å². The minimum Gasteiger partial charge on any atom is -0.465 e. The van der Waals surface area contributed by atoms with E-state index in [2.05, 4.69) is 0 Å². The number of carbonyl (C=O) groups is 2. The molecule has 0 fully saturated rings. The first kappa shape index (κ1) is 14.6. The lowest BCUT2D eigenvalue weighted by molar-refractivity contribution is -0.144. The van der Waals surface area contributed by atoms with E-state index in [4.69, 9.17) is 10.5 Å². The van der Waals surface area contributed by atoms with Gasteiger partial charge in [0.1, 0.15) is 0 Å². The van der Waals surface area contributed by atoms with Gasteiger partial charge in [-0.2, -0.15) is 0 Å². The molecule has 18 heavy (non-hydrogen) atoms. The van der Waals surface area contributed by atoms with Gasteiger partial charge < -0.3 is 10.5 Å². The Morgan fingerprint density at radius 3 is 2.44 bits per heavy atom. The predicted octanol–water partition coefficient (Wildman–Crippen LogP) is 2.20. The van der Waals surface area contributed by atoms with Crippen molar-refractivity contribution in [1.29, 1.82) is 0 Å². The quantitative estimate of drug-likeness (QED) is 0.654. The van der Waals surface area contributed by atoms with Crippen LogP contribution in [0.1, 0.15) is 25.3 Å². The Labute approximate surface area is 111 Å². The molecule has 0 aliphatic rings. The molecule has 0 aromatic heterocycles. The van der Waals surface area contributed by atoms with E-state index < -0.39 is 5.92 Å². The minimum absolute atomic E-state index is 0.0141. The number of thioether (sulfide) groups is 1. The first-order chi connectivity index (χ1) is 8.54. The van der Waals surface area contributed by atoms with E-state index >= 15 is 0 Å². The van der Waals surface area contributed by atoms with Crippen LogP contribution in [0.5, 0.6) is 0 Å². The van der Waals surface area contributed by atoms with E-state index in [1.165, 1.54) is 6.92 Å². The number of hydrogen-bond acceptors (Lipinski definition) is 5. The van der Waals surface area contributed by atoms with E-state index in [1.807, 2.05) is 0 Å². The lowest BCUT2D eigenvalue weighted by Crippen LogP contribution is -2.18. The van der Waals surface area contributed by atoms with Crippen molar-refractivity contribution < 1.29 is 14.3 Å². The predicted molar refractivity (Wildman–Crippen MR) is 73.4 cm³/mol. The summed E-state index contributed by atoms with van der Waals surface area (Å²) in [6.45, 7) is 3.57. The number of anilines is 1. The summed E-state index contributed by atoms with van der Waals surface area (Å²) < 4.78 is 5.03. The van der Waals surface area contributed by atoms with Gasteiger partial charge in [0.2, 0.25) is 0 Å². The van der Waals surface area contributed by atoms with Crippen LogP contribution in [0.15, 0.2) is 24.3 Å². The molecule has 0 aliphatic heterocycles. The molecule has 0 amide bonds. The largest absolute Gasteiger partial charge is 0.465 e. The van der Waals surface area contributed by atoms with Crippen LogP contribution < -0.4 is 5.73 Å². The zero-order chi connectivity index (χ0) is 13.5. The second-order valence-electron chi connectivity index (χ2n) is 3.77. The third-order valence-electron chi connectivity index (χ3n) is 2.36. The summed E-state index contributed by atoms with van der Waals surface area (Å²) in [6, 6.07) is 7.05. The van der Waals surface area contributed by atoms with E-state index in [-0.39, 0.29) is 11.1 Å². The maximum Gasteiger partial charge on any atom is 0.314 e. The van der Waals surface area contributed by atoms with Gasteiger partial charge in [0, 0.05) is 18.4 Å². The van der Waals surface area contributed by atoms with Gasteiger partial charge in [-0.1, -0.05) is 23.9 Å². The van der Waals surface area contributed by atoms with Crippen LogP contribution in [0.3, 0.4) is 0 Å². The zero-order valence-electron chi connectivity index (χ0n) is 10.5. The van der Waals surface area contributed by atoms with Crippen molar-refractivity contribution in [1.82, 2.24) is 0 Å². The summed E-state index contributed by atoms with van der Waals surface area (Å²) in [5.74, 6) is -0.353. The summed E-state index contributed by atoms with van der Waals surface area (Å²) in [4.78, 5) is 22.9. The standard InChI is InChI=1S/C13H17NO3S/c1-3-17-13(16)12(8-18-9(2)15)10-4-6-11(14)7-5-10/h4-7,12H,3,8,14H2,1-2H3. The number of hydrogen-bond donors (Lipinski definition) is 1. The highest BCUT2D eigenvalue weighted by molar-refractivity contribution is 8.13. The highest BCUT2D eigenvalue weighted by atomic mass is 32.2. The zero-order valence-corrected chi connectivity index (χ0v) is 11.3. The molecule has 0 aliphatic carbocycles. The van der Waals surface area contributed by atoms with Gasteiger partial charge in [0.15, 0.2) is 5.12 Å². The number of rotatable bonds is 5. The number of nitrogens with two attached hydrogens (primary N) is 1. The third-order valence-corrected chi connectivity index (χ3v) is 3.27. The molecule has 5 heteroatoms. The van der Waals surface area contributed by atoms with Crippen LogP contribution in [0.2, 0.25) is 0 Å². The molecular weight excluding hydrogens is 250 g/mol. The lowest BCUT2D eigenvalue weighted by Gasteiger charge is -2.15.